The summed E-state index contributed by atoms with van der Waals surface area (Å²) in [5.41, 5.74) is 1.13. The second-order valence-electron chi connectivity index (χ2n) is 5.85. The lowest BCUT2D eigenvalue weighted by Gasteiger charge is -2.42. The zero-order chi connectivity index (χ0) is 15.5. The molecule has 1 heterocycles. The van der Waals surface area contributed by atoms with Gasteiger partial charge in [-0.15, -0.1) is 0 Å². The number of ether oxygens (including phenoxy) is 1. The van der Waals surface area contributed by atoms with Crippen molar-refractivity contribution in [1.29, 1.82) is 0 Å². The number of anilines is 1. The van der Waals surface area contributed by atoms with E-state index in [2.05, 4.69) is 32.6 Å². The first-order chi connectivity index (χ1) is 10.7. The van der Waals surface area contributed by atoms with Crippen LogP contribution in [0.1, 0.15) is 12.8 Å². The summed E-state index contributed by atoms with van der Waals surface area (Å²) >= 11 is 4.58. The van der Waals surface area contributed by atoms with Gasteiger partial charge in [-0.25, -0.2) is 4.99 Å². The van der Waals surface area contributed by atoms with Crippen LogP contribution in [-0.4, -0.2) is 43.4 Å². The van der Waals surface area contributed by atoms with Crippen LogP contribution in [0.4, 0.5) is 5.69 Å². The van der Waals surface area contributed by atoms with E-state index in [0.29, 0.717) is 0 Å². The number of amides is 1. The number of thiocarbonyl (C=S) groups is 1. The van der Waals surface area contributed by atoms with Crippen LogP contribution in [0.3, 0.4) is 0 Å². The predicted octanol–water partition coefficient (Wildman–Crippen LogP) is 1.88. The Morgan fingerprint density at radius 1 is 1.36 bits per heavy atom. The molecular formula is C16H19N3O2S. The van der Waals surface area contributed by atoms with Gasteiger partial charge in [-0.1, -0.05) is 0 Å². The molecule has 2 fully saturated rings. The van der Waals surface area contributed by atoms with E-state index in [9.17, 15) is 4.79 Å². The van der Waals surface area contributed by atoms with Gasteiger partial charge in [0.15, 0.2) is 0 Å². The third-order valence-electron chi connectivity index (χ3n) is 4.38. The first-order valence-electron chi connectivity index (χ1n) is 7.46. The maximum Gasteiger partial charge on any atom is 0.226 e. The lowest BCUT2D eigenvalue weighted by atomic mass is 9.86. The number of benzene rings is 1. The molecule has 0 unspecified atom stereocenters. The summed E-state index contributed by atoms with van der Waals surface area (Å²) in [4.78, 5) is 18.4. The van der Waals surface area contributed by atoms with Crippen molar-refractivity contribution in [3.8, 4) is 5.75 Å². The van der Waals surface area contributed by atoms with E-state index < -0.39 is 0 Å². The third kappa shape index (κ3) is 3.13. The average molecular weight is 317 g/mol. The topological polar surface area (TPSA) is 53.9 Å². The van der Waals surface area contributed by atoms with Crippen LogP contribution in [0, 0.1) is 5.92 Å². The van der Waals surface area contributed by atoms with E-state index in [1.165, 1.54) is 0 Å². The van der Waals surface area contributed by atoms with Crippen LogP contribution in [0.15, 0.2) is 29.3 Å². The summed E-state index contributed by atoms with van der Waals surface area (Å²) in [5.74, 6) is 1.08. The quantitative estimate of drug-likeness (QED) is 0.665. The van der Waals surface area contributed by atoms with Crippen LogP contribution in [0.2, 0.25) is 0 Å². The molecule has 5 nitrogen and oxygen atoms in total. The number of hydrogen-bond donors (Lipinski definition) is 1. The van der Waals surface area contributed by atoms with Crippen LogP contribution < -0.4 is 15.0 Å². The second kappa shape index (κ2) is 6.46. The minimum absolute atomic E-state index is 0.0789. The Balaban J connectivity index is 1.43. The molecule has 0 radical (unpaired) electrons. The fourth-order valence-electron chi connectivity index (χ4n) is 2.85. The SMILES string of the molecule is COc1ccc(N2CC(C(=O)NC3CC(N=C=S)C3)C2)cc1. The van der Waals surface area contributed by atoms with Gasteiger partial charge in [0.05, 0.1) is 24.2 Å². The van der Waals surface area contributed by atoms with Gasteiger partial charge in [0, 0.05) is 24.8 Å². The Labute approximate surface area is 135 Å². The van der Waals surface area contributed by atoms with Crippen LogP contribution in [0.25, 0.3) is 0 Å². The van der Waals surface area contributed by atoms with Crippen LogP contribution in [0.5, 0.6) is 5.75 Å². The summed E-state index contributed by atoms with van der Waals surface area (Å²) in [6.07, 6.45) is 1.76. The van der Waals surface area contributed by atoms with Gasteiger partial charge < -0.3 is 15.0 Å². The molecule has 0 spiro atoms. The Hall–Kier alpha value is -1.91. The number of hydrogen-bond acceptors (Lipinski definition) is 5. The molecule has 0 aromatic heterocycles. The molecule has 6 heteroatoms. The predicted molar refractivity (Wildman–Crippen MR) is 88.7 cm³/mol. The average Bonchev–Trinajstić information content (AvgIpc) is 2.44. The monoisotopic (exact) mass is 317 g/mol. The van der Waals surface area contributed by atoms with Crippen molar-refractivity contribution in [3.05, 3.63) is 24.3 Å². The van der Waals surface area contributed by atoms with Crippen molar-refractivity contribution >= 4 is 29.0 Å². The largest absolute Gasteiger partial charge is 0.497 e. The maximum absolute atomic E-state index is 12.1. The molecule has 1 aromatic rings. The molecule has 1 aliphatic heterocycles. The van der Waals surface area contributed by atoms with Gasteiger partial charge in [0.2, 0.25) is 5.91 Å². The normalized spacial score (nSPS) is 23.8. The fraction of sp³-hybridized carbons (Fsp3) is 0.500. The van der Waals surface area contributed by atoms with E-state index in [1.807, 2.05) is 24.3 Å². The third-order valence-corrected chi connectivity index (χ3v) is 4.49. The van der Waals surface area contributed by atoms with E-state index in [-0.39, 0.29) is 23.9 Å². The van der Waals surface area contributed by atoms with Crippen molar-refractivity contribution in [2.24, 2.45) is 10.9 Å². The molecule has 0 atom stereocenters. The fourth-order valence-corrected chi connectivity index (χ4v) is 3.00. The molecule has 1 aromatic carbocycles. The minimum atomic E-state index is 0.0789. The Bertz CT molecular complexity index is 586. The highest BCUT2D eigenvalue weighted by Crippen LogP contribution is 2.28. The second-order valence-corrected chi connectivity index (χ2v) is 6.03. The molecule has 3 rings (SSSR count). The number of carbonyl (C=O) groups is 1. The van der Waals surface area contributed by atoms with Gasteiger partial charge in [-0.05, 0) is 49.3 Å². The zero-order valence-electron chi connectivity index (χ0n) is 12.5. The molecular weight excluding hydrogens is 298 g/mol. The number of nitrogens with one attached hydrogen (secondary N) is 1. The smallest absolute Gasteiger partial charge is 0.226 e. The molecule has 1 aliphatic carbocycles. The van der Waals surface area contributed by atoms with Crippen molar-refractivity contribution in [2.45, 2.75) is 24.9 Å². The molecule has 1 saturated heterocycles. The Morgan fingerprint density at radius 3 is 2.64 bits per heavy atom. The highest BCUT2D eigenvalue weighted by Gasteiger charge is 2.36. The van der Waals surface area contributed by atoms with Crippen molar-refractivity contribution in [2.75, 3.05) is 25.1 Å². The van der Waals surface area contributed by atoms with Crippen molar-refractivity contribution in [3.63, 3.8) is 0 Å². The highest BCUT2D eigenvalue weighted by atomic mass is 32.1. The lowest BCUT2D eigenvalue weighted by molar-refractivity contribution is -0.127. The van der Waals surface area contributed by atoms with Gasteiger partial charge in [0.1, 0.15) is 5.75 Å². The standard InChI is InChI=1S/C16H19N3O2S/c1-21-15-4-2-14(3-5-15)19-8-11(9-19)16(20)18-13-6-12(7-13)17-10-22/h2-5,11-13H,6-9H2,1H3,(H,18,20). The van der Waals surface area contributed by atoms with E-state index in [4.69, 9.17) is 4.74 Å². The molecule has 22 heavy (non-hydrogen) atoms. The molecule has 1 N–H and O–H groups in total. The summed E-state index contributed by atoms with van der Waals surface area (Å²) < 4.78 is 5.15. The van der Waals surface area contributed by atoms with E-state index >= 15 is 0 Å². The number of nitrogens with zero attached hydrogens (tertiary/aromatic N) is 2. The summed E-state index contributed by atoms with van der Waals surface area (Å²) in [5, 5.41) is 5.49. The molecule has 0 bridgehead atoms. The summed E-state index contributed by atoms with van der Waals surface area (Å²) in [7, 11) is 1.65. The van der Waals surface area contributed by atoms with E-state index in [0.717, 1.165) is 37.4 Å². The van der Waals surface area contributed by atoms with Crippen LogP contribution in [-0.2, 0) is 4.79 Å². The highest BCUT2D eigenvalue weighted by molar-refractivity contribution is 7.78. The summed E-state index contributed by atoms with van der Waals surface area (Å²) in [6, 6.07) is 8.42. The van der Waals surface area contributed by atoms with Gasteiger partial charge in [-0.2, -0.15) is 0 Å². The summed E-state index contributed by atoms with van der Waals surface area (Å²) in [6.45, 7) is 1.54. The van der Waals surface area contributed by atoms with Gasteiger partial charge >= 0.3 is 0 Å². The van der Waals surface area contributed by atoms with Crippen LogP contribution >= 0.6 is 12.2 Å². The number of carbonyl (C=O) groups excluding carboxylic acids is 1. The first kappa shape index (κ1) is 15.0. The molecule has 2 aliphatic rings. The minimum Gasteiger partial charge on any atom is -0.497 e. The Kier molecular flexibility index (Phi) is 4.41. The number of aliphatic imine (C=N–C) groups is 1. The van der Waals surface area contributed by atoms with Crippen molar-refractivity contribution in [1.82, 2.24) is 5.32 Å². The van der Waals surface area contributed by atoms with E-state index in [1.54, 1.807) is 7.11 Å². The zero-order valence-corrected chi connectivity index (χ0v) is 13.3. The number of isothiocyanates is 1. The Morgan fingerprint density at radius 2 is 2.05 bits per heavy atom. The molecule has 1 amide bonds. The number of rotatable bonds is 5. The molecule has 116 valence electrons. The van der Waals surface area contributed by atoms with Gasteiger partial charge in [0.25, 0.3) is 0 Å². The lowest BCUT2D eigenvalue weighted by Crippen LogP contribution is -2.57. The number of methoxy groups -OCH3 is 1. The van der Waals surface area contributed by atoms with Crippen molar-refractivity contribution < 1.29 is 9.53 Å². The first-order valence-corrected chi connectivity index (χ1v) is 7.86. The molecule has 1 saturated carbocycles. The van der Waals surface area contributed by atoms with Gasteiger partial charge in [-0.3, -0.25) is 4.79 Å². The maximum atomic E-state index is 12.1.